The molecule has 1 heterocycles. The summed E-state index contributed by atoms with van der Waals surface area (Å²) in [4.78, 5) is 0.384. The molecule has 4 heteroatoms. The van der Waals surface area contributed by atoms with Gasteiger partial charge in [0.1, 0.15) is 4.99 Å². The van der Waals surface area contributed by atoms with Crippen molar-refractivity contribution in [2.75, 3.05) is 18.8 Å². The SMILES string of the molecule is NC(=S)c1cc(CC2CCNCC2)ccc1N. The van der Waals surface area contributed by atoms with Crippen molar-refractivity contribution in [3.8, 4) is 0 Å². The molecule has 0 radical (unpaired) electrons. The number of anilines is 1. The number of rotatable bonds is 3. The van der Waals surface area contributed by atoms with Crippen molar-refractivity contribution in [2.45, 2.75) is 19.3 Å². The quantitative estimate of drug-likeness (QED) is 0.560. The van der Waals surface area contributed by atoms with E-state index in [1.165, 1.54) is 18.4 Å². The van der Waals surface area contributed by atoms with Gasteiger partial charge in [-0.1, -0.05) is 18.3 Å². The Morgan fingerprint density at radius 1 is 1.35 bits per heavy atom. The number of piperidine rings is 1. The molecule has 1 fully saturated rings. The zero-order valence-corrected chi connectivity index (χ0v) is 10.7. The van der Waals surface area contributed by atoms with Gasteiger partial charge in [0.25, 0.3) is 0 Å². The molecule has 92 valence electrons. The minimum atomic E-state index is 0.384. The van der Waals surface area contributed by atoms with Gasteiger partial charge in [0.15, 0.2) is 0 Å². The maximum Gasteiger partial charge on any atom is 0.106 e. The molecule has 1 aromatic carbocycles. The molecular weight excluding hydrogens is 230 g/mol. The van der Waals surface area contributed by atoms with Crippen LogP contribution in [0.5, 0.6) is 0 Å². The second-order valence-corrected chi connectivity index (χ2v) is 5.12. The van der Waals surface area contributed by atoms with Gasteiger partial charge in [-0.15, -0.1) is 0 Å². The van der Waals surface area contributed by atoms with Crippen LogP contribution >= 0.6 is 12.2 Å². The van der Waals surface area contributed by atoms with Crippen LogP contribution in [-0.2, 0) is 6.42 Å². The average Bonchev–Trinajstić information content (AvgIpc) is 2.32. The number of hydrogen-bond acceptors (Lipinski definition) is 3. The number of nitrogen functional groups attached to an aromatic ring is 1. The van der Waals surface area contributed by atoms with E-state index in [2.05, 4.69) is 11.4 Å². The molecule has 0 amide bonds. The summed E-state index contributed by atoms with van der Waals surface area (Å²) in [6, 6.07) is 6.03. The number of nitrogens with one attached hydrogen (secondary N) is 1. The standard InChI is InChI=1S/C13H19N3S/c14-12-2-1-10(8-11(12)13(15)17)7-9-3-5-16-6-4-9/h1-2,8-9,16H,3-7,14H2,(H2,15,17). The molecule has 2 rings (SSSR count). The fourth-order valence-corrected chi connectivity index (χ4v) is 2.54. The van der Waals surface area contributed by atoms with Crippen LogP contribution < -0.4 is 16.8 Å². The molecule has 0 aromatic heterocycles. The molecule has 0 atom stereocenters. The highest BCUT2D eigenvalue weighted by molar-refractivity contribution is 7.80. The highest BCUT2D eigenvalue weighted by Crippen LogP contribution is 2.21. The van der Waals surface area contributed by atoms with Gasteiger partial charge in [0.05, 0.1) is 0 Å². The van der Waals surface area contributed by atoms with Crippen LogP contribution in [-0.4, -0.2) is 18.1 Å². The zero-order valence-electron chi connectivity index (χ0n) is 9.91. The Hall–Kier alpha value is -1.13. The summed E-state index contributed by atoms with van der Waals surface area (Å²) < 4.78 is 0. The summed E-state index contributed by atoms with van der Waals surface area (Å²) in [5.74, 6) is 0.763. The summed E-state index contributed by atoms with van der Waals surface area (Å²) in [5.41, 5.74) is 14.3. The molecule has 17 heavy (non-hydrogen) atoms. The molecule has 1 aliphatic heterocycles. The lowest BCUT2D eigenvalue weighted by atomic mass is 9.90. The van der Waals surface area contributed by atoms with Crippen LogP contribution in [0.25, 0.3) is 0 Å². The van der Waals surface area contributed by atoms with E-state index in [1.54, 1.807) is 0 Å². The molecule has 1 aromatic rings. The van der Waals surface area contributed by atoms with Crippen molar-refractivity contribution in [1.82, 2.24) is 5.32 Å². The summed E-state index contributed by atoms with van der Waals surface area (Å²) in [5, 5.41) is 3.38. The lowest BCUT2D eigenvalue weighted by Crippen LogP contribution is -2.28. The second kappa shape index (κ2) is 5.47. The van der Waals surface area contributed by atoms with Crippen molar-refractivity contribution in [2.24, 2.45) is 11.7 Å². The first-order valence-corrected chi connectivity index (χ1v) is 6.46. The molecule has 1 saturated heterocycles. The maximum atomic E-state index is 5.85. The number of nitrogens with two attached hydrogens (primary N) is 2. The summed E-state index contributed by atoms with van der Waals surface area (Å²) >= 11 is 5.00. The van der Waals surface area contributed by atoms with Crippen molar-refractivity contribution >= 4 is 22.9 Å². The van der Waals surface area contributed by atoms with Crippen molar-refractivity contribution < 1.29 is 0 Å². The second-order valence-electron chi connectivity index (χ2n) is 4.68. The minimum absolute atomic E-state index is 0.384. The molecule has 0 aliphatic carbocycles. The first-order valence-electron chi connectivity index (χ1n) is 6.05. The van der Waals surface area contributed by atoms with Gasteiger partial charge >= 0.3 is 0 Å². The van der Waals surface area contributed by atoms with Gasteiger partial charge in [0, 0.05) is 11.3 Å². The highest BCUT2D eigenvalue weighted by atomic mass is 32.1. The molecular formula is C13H19N3S. The Morgan fingerprint density at radius 3 is 2.71 bits per heavy atom. The number of benzene rings is 1. The van der Waals surface area contributed by atoms with Crippen LogP contribution in [0, 0.1) is 5.92 Å². The topological polar surface area (TPSA) is 64.1 Å². The smallest absolute Gasteiger partial charge is 0.106 e. The maximum absolute atomic E-state index is 5.85. The lowest BCUT2D eigenvalue weighted by Gasteiger charge is -2.22. The van der Waals surface area contributed by atoms with Gasteiger partial charge < -0.3 is 16.8 Å². The fourth-order valence-electron chi connectivity index (χ4n) is 2.36. The highest BCUT2D eigenvalue weighted by Gasteiger charge is 2.14. The third-order valence-electron chi connectivity index (χ3n) is 3.37. The van der Waals surface area contributed by atoms with E-state index in [4.69, 9.17) is 23.7 Å². The predicted molar refractivity (Wildman–Crippen MR) is 76.0 cm³/mol. The molecule has 5 N–H and O–H groups in total. The molecule has 0 spiro atoms. The number of hydrogen-bond donors (Lipinski definition) is 3. The molecule has 3 nitrogen and oxygen atoms in total. The fraction of sp³-hybridized carbons (Fsp3) is 0.462. The van der Waals surface area contributed by atoms with E-state index in [0.717, 1.165) is 31.0 Å². The van der Waals surface area contributed by atoms with Crippen molar-refractivity contribution in [1.29, 1.82) is 0 Å². The lowest BCUT2D eigenvalue weighted by molar-refractivity contribution is 0.372. The summed E-state index contributed by atoms with van der Waals surface area (Å²) in [6.45, 7) is 2.25. The third kappa shape index (κ3) is 3.17. The van der Waals surface area contributed by atoms with E-state index in [1.807, 2.05) is 12.1 Å². The zero-order chi connectivity index (χ0) is 12.3. The Kier molecular flexibility index (Phi) is 3.97. The normalized spacial score (nSPS) is 16.9. The van der Waals surface area contributed by atoms with Gasteiger partial charge in [-0.2, -0.15) is 0 Å². The van der Waals surface area contributed by atoms with E-state index < -0.39 is 0 Å². The van der Waals surface area contributed by atoms with Gasteiger partial charge in [-0.05, 0) is 56.0 Å². The molecule has 0 saturated carbocycles. The first-order chi connectivity index (χ1) is 8.16. The van der Waals surface area contributed by atoms with Crippen LogP contribution in [0.1, 0.15) is 24.0 Å². The van der Waals surface area contributed by atoms with Gasteiger partial charge in [-0.25, -0.2) is 0 Å². The monoisotopic (exact) mass is 249 g/mol. The van der Waals surface area contributed by atoms with Crippen LogP contribution in [0.15, 0.2) is 18.2 Å². The average molecular weight is 249 g/mol. The third-order valence-corrected chi connectivity index (χ3v) is 3.59. The first kappa shape index (κ1) is 12.3. The Labute approximate surface area is 108 Å². The van der Waals surface area contributed by atoms with E-state index in [-0.39, 0.29) is 0 Å². The van der Waals surface area contributed by atoms with Crippen molar-refractivity contribution in [3.05, 3.63) is 29.3 Å². The summed E-state index contributed by atoms with van der Waals surface area (Å²) in [7, 11) is 0. The van der Waals surface area contributed by atoms with Gasteiger partial charge in [0.2, 0.25) is 0 Å². The Balaban J connectivity index is 2.10. The molecule has 0 unspecified atom stereocenters. The van der Waals surface area contributed by atoms with E-state index >= 15 is 0 Å². The van der Waals surface area contributed by atoms with Gasteiger partial charge in [-0.3, -0.25) is 0 Å². The molecule has 1 aliphatic rings. The van der Waals surface area contributed by atoms with Crippen LogP contribution in [0.2, 0.25) is 0 Å². The van der Waals surface area contributed by atoms with Crippen LogP contribution in [0.3, 0.4) is 0 Å². The minimum Gasteiger partial charge on any atom is -0.398 e. The predicted octanol–water partition coefficient (Wildman–Crippen LogP) is 1.45. The Morgan fingerprint density at radius 2 is 2.06 bits per heavy atom. The molecule has 0 bridgehead atoms. The van der Waals surface area contributed by atoms with E-state index in [9.17, 15) is 0 Å². The van der Waals surface area contributed by atoms with Crippen molar-refractivity contribution in [3.63, 3.8) is 0 Å². The Bertz CT molecular complexity index is 411. The largest absolute Gasteiger partial charge is 0.398 e. The van der Waals surface area contributed by atoms with E-state index in [0.29, 0.717) is 10.7 Å². The van der Waals surface area contributed by atoms with Crippen LogP contribution in [0.4, 0.5) is 5.69 Å². The summed E-state index contributed by atoms with van der Waals surface area (Å²) in [6.07, 6.45) is 3.58. The number of thiocarbonyl (C=S) groups is 1.